The second kappa shape index (κ2) is 13.8. The van der Waals surface area contributed by atoms with Gasteiger partial charge < -0.3 is 18.9 Å². The number of hydrogen-bond donors (Lipinski definition) is 1. The van der Waals surface area contributed by atoms with Crippen LogP contribution in [0.15, 0.2) is 82.7 Å². The molecule has 13 nitrogen and oxygen atoms in total. The first-order chi connectivity index (χ1) is 22.1. The Labute approximate surface area is 273 Å². The topological polar surface area (TPSA) is 168 Å². The number of rotatable bonds is 12. The van der Waals surface area contributed by atoms with Crippen LogP contribution < -0.4 is 18.5 Å². The quantitative estimate of drug-likeness (QED) is 0.204. The number of esters is 2. The van der Waals surface area contributed by atoms with Crippen LogP contribution in [-0.2, 0) is 34.3 Å². The maximum absolute atomic E-state index is 13.9. The lowest BCUT2D eigenvalue weighted by atomic mass is 10.1. The third-order valence-corrected chi connectivity index (χ3v) is 9.72. The van der Waals surface area contributed by atoms with E-state index in [1.165, 1.54) is 68.8 Å². The number of carbonyl (C=O) groups excluding carboxylic acids is 2. The highest BCUT2D eigenvalue weighted by atomic mass is 32.2. The van der Waals surface area contributed by atoms with E-state index in [1.54, 1.807) is 39.8 Å². The Bertz CT molecular complexity index is 2010. The van der Waals surface area contributed by atoms with Crippen molar-refractivity contribution in [1.29, 1.82) is 0 Å². The van der Waals surface area contributed by atoms with Gasteiger partial charge in [0.25, 0.3) is 20.0 Å². The van der Waals surface area contributed by atoms with E-state index in [9.17, 15) is 26.4 Å². The molecule has 0 fully saturated rings. The highest BCUT2D eigenvalue weighted by Gasteiger charge is 2.32. The number of carbonyl (C=O) groups is 2. The number of nitrogens with zero attached hydrogens (tertiary/aromatic N) is 2. The van der Waals surface area contributed by atoms with Crippen molar-refractivity contribution in [1.82, 2.24) is 4.98 Å². The van der Waals surface area contributed by atoms with Gasteiger partial charge in [-0.15, -0.1) is 0 Å². The van der Waals surface area contributed by atoms with Crippen molar-refractivity contribution in [2.45, 2.75) is 43.1 Å². The minimum Gasteiger partial charge on any atom is -0.497 e. The monoisotopic (exact) mass is 685 g/mol. The maximum Gasteiger partial charge on any atom is 0.340 e. The SMILES string of the molecule is CCOC(=O)CN(c1ncc(S(=O)(=O)Nc2ccc(OC)cc2C(=O)OC(C)(C)C)c2ccccc12)S(=O)(=O)c1ccc(OC)cc1. The molecule has 0 atom stereocenters. The summed E-state index contributed by atoms with van der Waals surface area (Å²) in [5.74, 6) is -1.13. The molecule has 0 spiro atoms. The zero-order chi connectivity index (χ0) is 34.6. The number of aromatic nitrogens is 1. The van der Waals surface area contributed by atoms with Crippen LogP contribution in [0, 0.1) is 0 Å². The Morgan fingerprint density at radius 3 is 2.09 bits per heavy atom. The lowest BCUT2D eigenvalue weighted by Gasteiger charge is -2.24. The summed E-state index contributed by atoms with van der Waals surface area (Å²) in [7, 11) is -6.06. The molecule has 0 unspecified atom stereocenters. The van der Waals surface area contributed by atoms with Gasteiger partial charge in [0.15, 0.2) is 5.82 Å². The molecule has 0 saturated carbocycles. The lowest BCUT2D eigenvalue weighted by Crippen LogP contribution is -2.37. The van der Waals surface area contributed by atoms with E-state index in [2.05, 4.69) is 9.71 Å². The molecule has 4 rings (SSSR count). The number of sulfonamides is 2. The van der Waals surface area contributed by atoms with E-state index in [4.69, 9.17) is 18.9 Å². The van der Waals surface area contributed by atoms with Gasteiger partial charge in [0.1, 0.15) is 28.5 Å². The summed E-state index contributed by atoms with van der Waals surface area (Å²) in [6, 6.07) is 15.8. The van der Waals surface area contributed by atoms with Crippen LogP contribution in [-0.4, -0.2) is 66.7 Å². The van der Waals surface area contributed by atoms with Crippen LogP contribution in [0.4, 0.5) is 11.5 Å². The Morgan fingerprint density at radius 1 is 0.872 bits per heavy atom. The number of fused-ring (bicyclic) bond motifs is 1. The summed E-state index contributed by atoms with van der Waals surface area (Å²) in [5.41, 5.74) is -1.05. The molecule has 0 saturated heterocycles. The molecule has 0 aliphatic carbocycles. The zero-order valence-electron chi connectivity index (χ0n) is 26.6. The highest BCUT2D eigenvalue weighted by molar-refractivity contribution is 7.93. The van der Waals surface area contributed by atoms with Gasteiger partial charge in [-0.05, 0) is 70.2 Å². The second-order valence-corrected chi connectivity index (χ2v) is 14.5. The molecule has 47 heavy (non-hydrogen) atoms. The first-order valence-electron chi connectivity index (χ1n) is 14.3. The third-order valence-electron chi connectivity index (χ3n) is 6.58. The standard InChI is InChI=1S/C32H35N3O10S2/c1-7-44-29(36)20-35(47(40,41)23-15-12-21(42-5)13-16-23)30-25-11-9-8-10-24(25)28(19-33-30)46(38,39)34-27-17-14-22(43-6)18-26(27)31(37)45-32(2,3)4/h8-19,34H,7,20H2,1-6H3. The van der Waals surface area contributed by atoms with Crippen LogP contribution in [0.5, 0.6) is 11.5 Å². The van der Waals surface area contributed by atoms with Gasteiger partial charge in [0.05, 0.1) is 43.2 Å². The number of pyridine rings is 1. The highest BCUT2D eigenvalue weighted by Crippen LogP contribution is 2.35. The smallest absolute Gasteiger partial charge is 0.340 e. The Balaban J connectivity index is 1.85. The first kappa shape index (κ1) is 35.0. The van der Waals surface area contributed by atoms with E-state index in [0.29, 0.717) is 11.5 Å². The molecule has 1 aromatic heterocycles. The van der Waals surface area contributed by atoms with Gasteiger partial charge in [0.2, 0.25) is 0 Å². The third kappa shape index (κ3) is 7.92. The van der Waals surface area contributed by atoms with Crippen LogP contribution in [0.2, 0.25) is 0 Å². The van der Waals surface area contributed by atoms with Crippen molar-refractivity contribution >= 4 is 54.3 Å². The van der Waals surface area contributed by atoms with Crippen molar-refractivity contribution in [3.05, 3.63) is 78.5 Å². The molecule has 3 aromatic carbocycles. The summed E-state index contributed by atoms with van der Waals surface area (Å²) in [5, 5.41) is 0.204. The molecule has 15 heteroatoms. The van der Waals surface area contributed by atoms with Gasteiger partial charge in [-0.1, -0.05) is 24.3 Å². The number of hydrogen-bond acceptors (Lipinski definition) is 11. The normalized spacial score (nSPS) is 11.9. The van der Waals surface area contributed by atoms with Gasteiger partial charge in [-0.2, -0.15) is 0 Å². The summed E-state index contributed by atoms with van der Waals surface area (Å²) < 4.78 is 79.8. The summed E-state index contributed by atoms with van der Waals surface area (Å²) in [6.07, 6.45) is 0.984. The van der Waals surface area contributed by atoms with Crippen molar-refractivity contribution < 1.29 is 45.4 Å². The number of nitrogens with one attached hydrogen (secondary N) is 1. The Kier molecular flexibility index (Phi) is 10.3. The molecule has 0 amide bonds. The van der Waals surface area contributed by atoms with E-state index in [-0.39, 0.29) is 44.2 Å². The number of benzene rings is 3. The number of methoxy groups -OCH3 is 2. The molecular weight excluding hydrogens is 650 g/mol. The number of anilines is 2. The van der Waals surface area contributed by atoms with Gasteiger partial charge in [-0.25, -0.2) is 30.9 Å². The summed E-state index contributed by atoms with van der Waals surface area (Å²) in [4.78, 5) is 29.5. The van der Waals surface area contributed by atoms with Gasteiger partial charge in [-0.3, -0.25) is 9.52 Å². The molecule has 0 aliphatic rings. The minimum absolute atomic E-state index is 0.00290. The average molecular weight is 686 g/mol. The fraction of sp³-hybridized carbons (Fsp3) is 0.281. The molecular formula is C32H35N3O10S2. The van der Waals surface area contributed by atoms with Crippen LogP contribution >= 0.6 is 0 Å². The second-order valence-electron chi connectivity index (χ2n) is 11.0. The van der Waals surface area contributed by atoms with E-state index in [1.807, 2.05) is 0 Å². The molecule has 4 aromatic rings. The van der Waals surface area contributed by atoms with Crippen LogP contribution in [0.25, 0.3) is 10.8 Å². The van der Waals surface area contributed by atoms with Crippen LogP contribution in [0.1, 0.15) is 38.1 Å². The number of ether oxygens (including phenoxy) is 4. The van der Waals surface area contributed by atoms with E-state index < -0.39 is 44.1 Å². The molecule has 250 valence electrons. The fourth-order valence-electron chi connectivity index (χ4n) is 4.48. The predicted molar refractivity (Wildman–Crippen MR) is 175 cm³/mol. The van der Waals surface area contributed by atoms with Crippen molar-refractivity contribution in [2.24, 2.45) is 0 Å². The zero-order valence-corrected chi connectivity index (χ0v) is 28.3. The molecule has 1 heterocycles. The van der Waals surface area contributed by atoms with Gasteiger partial charge in [0, 0.05) is 10.8 Å². The van der Waals surface area contributed by atoms with Crippen molar-refractivity contribution in [2.75, 3.05) is 36.4 Å². The molecule has 0 bridgehead atoms. The fourth-order valence-corrected chi connectivity index (χ4v) is 7.10. The first-order valence-corrected chi connectivity index (χ1v) is 17.2. The predicted octanol–water partition coefficient (Wildman–Crippen LogP) is 4.77. The lowest BCUT2D eigenvalue weighted by molar-refractivity contribution is -0.141. The Morgan fingerprint density at radius 2 is 1.49 bits per heavy atom. The summed E-state index contributed by atoms with van der Waals surface area (Å²) in [6.45, 7) is 5.87. The molecule has 0 radical (unpaired) electrons. The maximum atomic E-state index is 13.9. The molecule has 1 N–H and O–H groups in total. The van der Waals surface area contributed by atoms with Crippen molar-refractivity contribution in [3.63, 3.8) is 0 Å². The summed E-state index contributed by atoms with van der Waals surface area (Å²) >= 11 is 0. The Hall–Kier alpha value is -4.89. The van der Waals surface area contributed by atoms with E-state index >= 15 is 0 Å². The van der Waals surface area contributed by atoms with Gasteiger partial charge >= 0.3 is 11.9 Å². The molecule has 0 aliphatic heterocycles. The van der Waals surface area contributed by atoms with Crippen molar-refractivity contribution in [3.8, 4) is 11.5 Å². The van der Waals surface area contributed by atoms with E-state index in [0.717, 1.165) is 10.5 Å². The minimum atomic E-state index is -4.46. The van der Waals surface area contributed by atoms with Crippen LogP contribution in [0.3, 0.4) is 0 Å². The average Bonchev–Trinajstić information content (AvgIpc) is 3.02. The largest absolute Gasteiger partial charge is 0.497 e.